The summed E-state index contributed by atoms with van der Waals surface area (Å²) in [6, 6.07) is 1.66. The first kappa shape index (κ1) is 6.62. The van der Waals surface area contributed by atoms with Crippen molar-refractivity contribution in [2.75, 3.05) is 0 Å². The Morgan fingerprint density at radius 2 is 2.67 bits per heavy atom. The maximum Gasteiger partial charge on any atom is 0.151 e. The van der Waals surface area contributed by atoms with E-state index in [0.29, 0.717) is 5.15 Å². The molecule has 1 aromatic rings. The molecule has 49 valence electrons. The van der Waals surface area contributed by atoms with E-state index in [1.165, 1.54) is 0 Å². The number of halogens is 1. The maximum absolute atomic E-state index is 5.53. The van der Waals surface area contributed by atoms with Crippen LogP contribution in [0.3, 0.4) is 0 Å². The van der Waals surface area contributed by atoms with Crippen LogP contribution in [0.4, 0.5) is 0 Å². The van der Waals surface area contributed by atoms with Gasteiger partial charge in [-0.2, -0.15) is 5.10 Å². The molecule has 0 N–H and O–H groups in total. The highest BCUT2D eigenvalue weighted by Crippen LogP contribution is 2.01. The van der Waals surface area contributed by atoms with Gasteiger partial charge in [0.05, 0.1) is 6.20 Å². The highest BCUT2D eigenvalue weighted by Gasteiger charge is 1.91. The molecule has 0 aromatic carbocycles. The van der Waals surface area contributed by atoms with Crippen molar-refractivity contribution >= 4 is 11.6 Å². The minimum Gasteiger partial charge on any atom is -0.262 e. The summed E-state index contributed by atoms with van der Waals surface area (Å²) in [7, 11) is 0. The second-order valence-corrected chi connectivity index (χ2v) is 2.21. The molecular formula is C6H8ClN2. The van der Waals surface area contributed by atoms with Gasteiger partial charge in [-0.25, -0.2) is 0 Å². The summed E-state index contributed by atoms with van der Waals surface area (Å²) in [4.78, 5) is 0. The average Bonchev–Trinajstić information content (AvgIpc) is 2.17. The van der Waals surface area contributed by atoms with E-state index < -0.39 is 0 Å². The molecule has 0 saturated carbocycles. The second-order valence-electron chi connectivity index (χ2n) is 1.82. The van der Waals surface area contributed by atoms with Gasteiger partial charge in [-0.15, -0.1) is 0 Å². The molecular weight excluding hydrogens is 136 g/mol. The van der Waals surface area contributed by atoms with Crippen LogP contribution in [0.5, 0.6) is 0 Å². The molecule has 0 fully saturated rings. The van der Waals surface area contributed by atoms with E-state index in [4.69, 9.17) is 11.6 Å². The number of aryl methyl sites for hydroxylation is 1. The first-order valence-electron chi connectivity index (χ1n) is 2.94. The van der Waals surface area contributed by atoms with Crippen molar-refractivity contribution in [3.05, 3.63) is 17.4 Å². The van der Waals surface area contributed by atoms with Crippen molar-refractivity contribution in [3.63, 3.8) is 0 Å². The molecule has 0 amide bonds. The van der Waals surface area contributed by atoms with Crippen molar-refractivity contribution in [2.24, 2.45) is 0 Å². The van der Waals surface area contributed by atoms with Gasteiger partial charge >= 0.3 is 0 Å². The van der Waals surface area contributed by atoms with Crippen LogP contribution in [0, 0.1) is 6.20 Å². The summed E-state index contributed by atoms with van der Waals surface area (Å²) >= 11 is 5.53. The van der Waals surface area contributed by atoms with Crippen LogP contribution >= 0.6 is 11.6 Å². The Balaban J connectivity index is 2.61. The standard InChI is InChI=1S/C6H8ClN2/c1-2-4-9-5-3-6(7)8-9/h3H,2,4H2,1H3. The van der Waals surface area contributed by atoms with E-state index in [1.807, 2.05) is 0 Å². The third-order valence-electron chi connectivity index (χ3n) is 0.984. The fourth-order valence-corrected chi connectivity index (χ4v) is 0.767. The zero-order valence-corrected chi connectivity index (χ0v) is 6.02. The number of aromatic nitrogens is 2. The molecule has 0 unspecified atom stereocenters. The fourth-order valence-electron chi connectivity index (χ4n) is 0.627. The number of hydrogen-bond acceptors (Lipinski definition) is 1. The van der Waals surface area contributed by atoms with Gasteiger partial charge in [0.1, 0.15) is 0 Å². The van der Waals surface area contributed by atoms with Crippen molar-refractivity contribution in [1.29, 1.82) is 0 Å². The van der Waals surface area contributed by atoms with Crippen LogP contribution in [-0.4, -0.2) is 9.78 Å². The lowest BCUT2D eigenvalue weighted by Crippen LogP contribution is -1.96. The van der Waals surface area contributed by atoms with Crippen molar-refractivity contribution < 1.29 is 0 Å². The van der Waals surface area contributed by atoms with E-state index >= 15 is 0 Å². The van der Waals surface area contributed by atoms with E-state index in [0.717, 1.165) is 13.0 Å². The normalized spacial score (nSPS) is 10.0. The Morgan fingerprint density at radius 1 is 1.89 bits per heavy atom. The van der Waals surface area contributed by atoms with Crippen LogP contribution < -0.4 is 0 Å². The maximum atomic E-state index is 5.53. The minimum absolute atomic E-state index is 0.517. The molecule has 9 heavy (non-hydrogen) atoms. The Bertz CT molecular complexity index is 183. The predicted molar refractivity (Wildman–Crippen MR) is 36.4 cm³/mol. The molecule has 0 aliphatic carbocycles. The van der Waals surface area contributed by atoms with Gasteiger partial charge in [0.2, 0.25) is 0 Å². The Hall–Kier alpha value is -0.500. The Kier molecular flexibility index (Phi) is 2.11. The molecule has 0 saturated heterocycles. The van der Waals surface area contributed by atoms with Crippen LogP contribution in [0.2, 0.25) is 5.15 Å². The molecule has 2 nitrogen and oxygen atoms in total. The van der Waals surface area contributed by atoms with Crippen molar-refractivity contribution in [2.45, 2.75) is 19.9 Å². The number of rotatable bonds is 2. The molecule has 1 rings (SSSR count). The van der Waals surface area contributed by atoms with Gasteiger partial charge < -0.3 is 0 Å². The van der Waals surface area contributed by atoms with Gasteiger partial charge in [-0.1, -0.05) is 18.5 Å². The first-order chi connectivity index (χ1) is 4.33. The molecule has 1 aromatic heterocycles. The van der Waals surface area contributed by atoms with Gasteiger partial charge in [-0.05, 0) is 6.42 Å². The van der Waals surface area contributed by atoms with Crippen LogP contribution in [0.25, 0.3) is 0 Å². The lowest BCUT2D eigenvalue weighted by molar-refractivity contribution is 0.599. The Labute approximate surface area is 59.4 Å². The molecule has 0 spiro atoms. The molecule has 3 heteroatoms. The first-order valence-corrected chi connectivity index (χ1v) is 3.31. The predicted octanol–water partition coefficient (Wildman–Crippen LogP) is 1.75. The molecule has 0 aliphatic heterocycles. The summed E-state index contributed by atoms with van der Waals surface area (Å²) in [6.45, 7) is 2.98. The zero-order chi connectivity index (χ0) is 6.69. The molecule has 0 aliphatic rings. The molecule has 0 bridgehead atoms. The summed E-state index contributed by atoms with van der Waals surface area (Å²) in [5.74, 6) is 0. The molecule has 1 heterocycles. The SMILES string of the molecule is CCCn1[c]cc(Cl)n1. The summed E-state index contributed by atoms with van der Waals surface area (Å²) in [5.41, 5.74) is 0. The zero-order valence-electron chi connectivity index (χ0n) is 5.26. The van der Waals surface area contributed by atoms with E-state index in [2.05, 4.69) is 18.2 Å². The quantitative estimate of drug-likeness (QED) is 0.617. The van der Waals surface area contributed by atoms with Crippen LogP contribution in [0.15, 0.2) is 6.07 Å². The van der Waals surface area contributed by atoms with Crippen LogP contribution in [-0.2, 0) is 6.54 Å². The van der Waals surface area contributed by atoms with Crippen molar-refractivity contribution in [1.82, 2.24) is 9.78 Å². The van der Waals surface area contributed by atoms with Gasteiger partial charge in [-0.3, -0.25) is 4.68 Å². The largest absolute Gasteiger partial charge is 0.262 e. The topological polar surface area (TPSA) is 17.8 Å². The van der Waals surface area contributed by atoms with E-state index in [-0.39, 0.29) is 0 Å². The van der Waals surface area contributed by atoms with Gasteiger partial charge in [0.15, 0.2) is 5.15 Å². The molecule has 0 atom stereocenters. The monoisotopic (exact) mass is 143 g/mol. The second kappa shape index (κ2) is 2.87. The Morgan fingerprint density at radius 3 is 3.11 bits per heavy atom. The van der Waals surface area contributed by atoms with Crippen LogP contribution in [0.1, 0.15) is 13.3 Å². The lowest BCUT2D eigenvalue weighted by atomic mass is 10.5. The van der Waals surface area contributed by atoms with Gasteiger partial charge in [0.25, 0.3) is 0 Å². The minimum atomic E-state index is 0.517. The number of nitrogens with zero attached hydrogens (tertiary/aromatic N) is 2. The summed E-state index contributed by atoms with van der Waals surface area (Å²) in [5, 5.41) is 4.44. The highest BCUT2D eigenvalue weighted by atomic mass is 35.5. The smallest absolute Gasteiger partial charge is 0.151 e. The lowest BCUT2D eigenvalue weighted by Gasteiger charge is -1.92. The third-order valence-corrected chi connectivity index (χ3v) is 1.17. The summed E-state index contributed by atoms with van der Waals surface area (Å²) in [6.07, 6.45) is 3.94. The molecule has 1 radical (unpaired) electrons. The van der Waals surface area contributed by atoms with E-state index in [1.54, 1.807) is 10.7 Å². The summed E-state index contributed by atoms with van der Waals surface area (Å²) < 4.78 is 1.71. The number of hydrogen-bond donors (Lipinski definition) is 0. The van der Waals surface area contributed by atoms with Gasteiger partial charge in [0, 0.05) is 12.6 Å². The average molecular weight is 144 g/mol. The highest BCUT2D eigenvalue weighted by molar-refractivity contribution is 6.29. The van der Waals surface area contributed by atoms with Crippen molar-refractivity contribution in [3.8, 4) is 0 Å². The van der Waals surface area contributed by atoms with E-state index in [9.17, 15) is 0 Å². The third kappa shape index (κ3) is 1.72. The fraction of sp³-hybridized carbons (Fsp3) is 0.500.